The quantitative estimate of drug-likeness (QED) is 0.788. The van der Waals surface area contributed by atoms with Gasteiger partial charge in [-0.25, -0.2) is 4.79 Å². The summed E-state index contributed by atoms with van der Waals surface area (Å²) in [6, 6.07) is 0. The second kappa shape index (κ2) is 7.24. The summed E-state index contributed by atoms with van der Waals surface area (Å²) in [7, 11) is 1.95. The average Bonchev–Trinajstić information content (AvgIpc) is 3.01. The molecule has 2 amide bonds. The number of rotatable bonds is 2. The van der Waals surface area contributed by atoms with Crippen LogP contribution in [-0.4, -0.2) is 89.3 Å². The van der Waals surface area contributed by atoms with Gasteiger partial charge >= 0.3 is 6.09 Å². The van der Waals surface area contributed by atoms with Crippen molar-refractivity contribution in [1.29, 1.82) is 0 Å². The van der Waals surface area contributed by atoms with E-state index in [9.17, 15) is 14.7 Å². The van der Waals surface area contributed by atoms with E-state index >= 15 is 0 Å². The van der Waals surface area contributed by atoms with Crippen LogP contribution in [0.1, 0.15) is 52.9 Å². The molecule has 0 aromatic rings. The summed E-state index contributed by atoms with van der Waals surface area (Å²) >= 11 is 0. The van der Waals surface area contributed by atoms with E-state index in [1.807, 2.05) is 37.6 Å². The van der Waals surface area contributed by atoms with Gasteiger partial charge in [-0.05, 0) is 47.1 Å². The van der Waals surface area contributed by atoms with Crippen molar-refractivity contribution in [2.24, 2.45) is 5.41 Å². The molecule has 1 aliphatic carbocycles. The number of hydrogen-bond acceptors (Lipinski definition) is 5. The summed E-state index contributed by atoms with van der Waals surface area (Å²) in [6.07, 6.45) is 4.09. The summed E-state index contributed by atoms with van der Waals surface area (Å²) in [5, 5.41) is 11.7. The number of amides is 2. The van der Waals surface area contributed by atoms with Crippen LogP contribution < -0.4 is 0 Å². The van der Waals surface area contributed by atoms with Crippen molar-refractivity contribution < 1.29 is 19.4 Å². The molecule has 1 unspecified atom stereocenters. The molecule has 1 N–H and O–H groups in total. The molecule has 1 spiro atoms. The minimum absolute atomic E-state index is 0.0832. The number of ether oxygens (including phenoxy) is 1. The molecule has 27 heavy (non-hydrogen) atoms. The van der Waals surface area contributed by atoms with Crippen molar-refractivity contribution in [2.45, 2.75) is 64.1 Å². The number of piperidine rings is 1. The molecule has 1 atom stereocenters. The molecular formula is C20H35N3O4. The third kappa shape index (κ3) is 4.24. The molecule has 7 nitrogen and oxygen atoms in total. The lowest BCUT2D eigenvalue weighted by Gasteiger charge is -2.53. The highest BCUT2D eigenvalue weighted by atomic mass is 16.6. The fraction of sp³-hybridized carbons (Fsp3) is 0.900. The van der Waals surface area contributed by atoms with Crippen LogP contribution >= 0.6 is 0 Å². The highest BCUT2D eigenvalue weighted by molar-refractivity contribution is 5.79. The normalized spacial score (nSPS) is 29.4. The number of likely N-dealkylation sites (tertiary alicyclic amines) is 1. The Labute approximate surface area is 162 Å². The largest absolute Gasteiger partial charge is 0.444 e. The van der Waals surface area contributed by atoms with Gasteiger partial charge in [-0.15, -0.1) is 0 Å². The lowest BCUT2D eigenvalue weighted by atomic mass is 9.65. The predicted octanol–water partition coefficient (Wildman–Crippen LogP) is 1.69. The third-order valence-electron chi connectivity index (χ3n) is 6.45. The van der Waals surface area contributed by atoms with Gasteiger partial charge in [0.25, 0.3) is 0 Å². The van der Waals surface area contributed by atoms with Gasteiger partial charge in [0.05, 0.1) is 18.7 Å². The molecular weight excluding hydrogens is 346 g/mol. The first-order valence-corrected chi connectivity index (χ1v) is 10.2. The van der Waals surface area contributed by atoms with Crippen LogP contribution in [0.3, 0.4) is 0 Å². The monoisotopic (exact) mass is 381 g/mol. The van der Waals surface area contributed by atoms with Gasteiger partial charge in [0.2, 0.25) is 5.91 Å². The maximum absolute atomic E-state index is 12.6. The van der Waals surface area contributed by atoms with E-state index in [1.54, 1.807) is 4.90 Å². The first kappa shape index (κ1) is 20.4. The molecule has 2 aliphatic heterocycles. The van der Waals surface area contributed by atoms with Gasteiger partial charge < -0.3 is 19.6 Å². The van der Waals surface area contributed by atoms with Gasteiger partial charge in [-0.3, -0.25) is 9.69 Å². The highest BCUT2D eigenvalue weighted by Gasteiger charge is 2.56. The lowest BCUT2D eigenvalue weighted by molar-refractivity contribution is -0.161. The molecule has 3 rings (SSSR count). The molecule has 1 saturated carbocycles. The maximum atomic E-state index is 12.6. The number of carbonyl (C=O) groups excluding carboxylic acids is 2. The standard InChI is InChI=1S/C20H35N3O4/c1-18(2,3)27-17(25)23-10-9-20(26,19(14-23)7-5-6-8-19)15-22-12-11-21(4)13-16(22)24/h26H,5-15H2,1-4H3. The van der Waals surface area contributed by atoms with Crippen molar-refractivity contribution in [3.05, 3.63) is 0 Å². The van der Waals surface area contributed by atoms with Crippen LogP contribution in [-0.2, 0) is 9.53 Å². The van der Waals surface area contributed by atoms with Gasteiger partial charge in [0.1, 0.15) is 5.60 Å². The number of nitrogens with zero attached hydrogens (tertiary/aromatic N) is 3. The highest BCUT2D eigenvalue weighted by Crippen LogP contribution is 2.51. The van der Waals surface area contributed by atoms with Crippen LogP contribution in [0.4, 0.5) is 4.79 Å². The number of hydrogen-bond donors (Lipinski definition) is 1. The molecule has 0 bridgehead atoms. The maximum Gasteiger partial charge on any atom is 0.410 e. The Bertz CT molecular complexity index is 582. The molecule has 0 aromatic carbocycles. The SMILES string of the molecule is CN1CCN(CC2(O)CCN(C(=O)OC(C)(C)C)CC23CCCC3)C(=O)C1. The Balaban J connectivity index is 1.74. The van der Waals surface area contributed by atoms with Gasteiger partial charge in [0, 0.05) is 31.6 Å². The Morgan fingerprint density at radius 1 is 1.15 bits per heavy atom. The van der Waals surface area contributed by atoms with Gasteiger partial charge in [0.15, 0.2) is 0 Å². The predicted molar refractivity (Wildman–Crippen MR) is 102 cm³/mol. The molecule has 3 fully saturated rings. The molecule has 0 radical (unpaired) electrons. The van der Waals surface area contributed by atoms with E-state index < -0.39 is 11.2 Å². The lowest BCUT2D eigenvalue weighted by Crippen LogP contribution is -2.65. The van der Waals surface area contributed by atoms with Crippen molar-refractivity contribution >= 4 is 12.0 Å². The fourth-order valence-corrected chi connectivity index (χ4v) is 4.89. The van der Waals surface area contributed by atoms with Crippen LogP contribution in [0.5, 0.6) is 0 Å². The number of carbonyl (C=O) groups is 2. The third-order valence-corrected chi connectivity index (χ3v) is 6.45. The summed E-state index contributed by atoms with van der Waals surface area (Å²) in [4.78, 5) is 30.6. The smallest absolute Gasteiger partial charge is 0.410 e. The summed E-state index contributed by atoms with van der Waals surface area (Å²) in [5.41, 5.74) is -1.81. The Kier molecular flexibility index (Phi) is 5.47. The van der Waals surface area contributed by atoms with Crippen molar-refractivity contribution in [3.8, 4) is 0 Å². The van der Waals surface area contributed by atoms with E-state index in [0.717, 1.165) is 32.2 Å². The summed E-state index contributed by atoms with van der Waals surface area (Å²) in [6.45, 7) is 8.87. The van der Waals surface area contributed by atoms with Crippen molar-refractivity contribution in [3.63, 3.8) is 0 Å². The van der Waals surface area contributed by atoms with Crippen LogP contribution in [0, 0.1) is 5.41 Å². The van der Waals surface area contributed by atoms with E-state index in [-0.39, 0.29) is 17.4 Å². The van der Waals surface area contributed by atoms with E-state index in [1.165, 1.54) is 0 Å². The first-order chi connectivity index (χ1) is 12.5. The Morgan fingerprint density at radius 2 is 1.81 bits per heavy atom. The van der Waals surface area contributed by atoms with Crippen LogP contribution in [0.2, 0.25) is 0 Å². The summed E-state index contributed by atoms with van der Waals surface area (Å²) < 4.78 is 5.56. The topological polar surface area (TPSA) is 73.3 Å². The molecule has 7 heteroatoms. The second-order valence-electron chi connectivity index (χ2n) is 9.72. The molecule has 2 saturated heterocycles. The van der Waals surface area contributed by atoms with Gasteiger partial charge in [-0.2, -0.15) is 0 Å². The first-order valence-electron chi connectivity index (χ1n) is 10.2. The van der Waals surface area contributed by atoms with Crippen LogP contribution in [0.15, 0.2) is 0 Å². The second-order valence-corrected chi connectivity index (χ2v) is 9.72. The fourth-order valence-electron chi connectivity index (χ4n) is 4.89. The molecule has 2 heterocycles. The number of aliphatic hydroxyl groups is 1. The van der Waals surface area contributed by atoms with E-state index in [4.69, 9.17) is 4.74 Å². The molecule has 0 aromatic heterocycles. The van der Waals surface area contributed by atoms with E-state index in [0.29, 0.717) is 39.1 Å². The minimum atomic E-state index is -0.937. The zero-order chi connectivity index (χ0) is 19.9. The van der Waals surface area contributed by atoms with E-state index in [2.05, 4.69) is 0 Å². The number of likely N-dealkylation sites (N-methyl/N-ethyl adjacent to an activating group) is 1. The van der Waals surface area contributed by atoms with Gasteiger partial charge in [-0.1, -0.05) is 12.8 Å². The van der Waals surface area contributed by atoms with Crippen LogP contribution in [0.25, 0.3) is 0 Å². The molecule has 3 aliphatic rings. The van der Waals surface area contributed by atoms with Crippen molar-refractivity contribution in [2.75, 3.05) is 46.3 Å². The Morgan fingerprint density at radius 3 is 2.41 bits per heavy atom. The minimum Gasteiger partial charge on any atom is -0.444 e. The zero-order valence-electron chi connectivity index (χ0n) is 17.3. The summed E-state index contributed by atoms with van der Waals surface area (Å²) in [5.74, 6) is 0.0832. The van der Waals surface area contributed by atoms with Crippen molar-refractivity contribution in [1.82, 2.24) is 14.7 Å². The average molecular weight is 382 g/mol. The number of piperazine rings is 1. The number of β-amino-alcohol motifs (C(OH)–C–C–N with tert-alkyl or cyclic N) is 1. The molecule has 154 valence electrons. The Hall–Kier alpha value is -1.34. The zero-order valence-corrected chi connectivity index (χ0v) is 17.3.